The number of hydrogen-bond acceptors (Lipinski definition) is 6. The van der Waals surface area contributed by atoms with E-state index in [2.05, 4.69) is 55.7 Å². The third-order valence-corrected chi connectivity index (χ3v) is 6.66. The van der Waals surface area contributed by atoms with Crippen LogP contribution < -0.4 is 15.7 Å². The highest BCUT2D eigenvalue weighted by Crippen LogP contribution is 2.29. The molecule has 3 aromatic rings. The number of carbonyl (C=O) groups is 1. The number of amides is 1. The van der Waals surface area contributed by atoms with Crippen molar-refractivity contribution in [3.8, 4) is 11.8 Å². The summed E-state index contributed by atoms with van der Waals surface area (Å²) >= 11 is 4.24. The van der Waals surface area contributed by atoms with E-state index in [4.69, 9.17) is 9.47 Å². The van der Waals surface area contributed by atoms with Crippen molar-refractivity contribution in [2.75, 3.05) is 7.11 Å². The Balaban J connectivity index is 1.67. The average Bonchev–Trinajstić information content (AvgIpc) is 2.82. The summed E-state index contributed by atoms with van der Waals surface area (Å²) in [5, 5.41) is 13.3. The van der Waals surface area contributed by atoms with Gasteiger partial charge in [0.15, 0.2) is 0 Å². The molecule has 0 atom stereocenters. The van der Waals surface area contributed by atoms with Gasteiger partial charge in [-0.1, -0.05) is 18.2 Å². The zero-order valence-corrected chi connectivity index (χ0v) is 23.7. The lowest BCUT2D eigenvalue weighted by molar-refractivity contribution is -0.121. The van der Waals surface area contributed by atoms with Crippen molar-refractivity contribution in [3.63, 3.8) is 0 Å². The lowest BCUT2D eigenvalue weighted by Gasteiger charge is -2.12. The van der Waals surface area contributed by atoms with Crippen LogP contribution in [0.5, 0.6) is 5.75 Å². The van der Waals surface area contributed by atoms with Crippen molar-refractivity contribution in [1.29, 1.82) is 5.26 Å². The van der Waals surface area contributed by atoms with Gasteiger partial charge in [0, 0.05) is 23.9 Å². The Morgan fingerprint density at radius 1 is 1.19 bits per heavy atom. The third kappa shape index (κ3) is 6.89. The summed E-state index contributed by atoms with van der Waals surface area (Å²) in [6.07, 6.45) is 1.47. The molecule has 11 heteroatoms. The minimum atomic E-state index is -0.557. The zero-order valence-electron chi connectivity index (χ0n) is 19.3. The molecule has 36 heavy (non-hydrogen) atoms. The number of rotatable bonds is 9. The molecule has 0 unspecified atom stereocenters. The molecule has 0 saturated heterocycles. The number of methoxy groups -OCH3 is 1. The molecule has 0 aliphatic heterocycles. The van der Waals surface area contributed by atoms with Crippen LogP contribution in [0, 0.1) is 31.2 Å². The molecule has 0 spiro atoms. The standard InChI is InChI=1S/C25H21FI2N4O4/c1-15-7-18(13-35-2)19(10-29)25(34)32(15)12-23(33)31-30-11-16-8-21(27)24(22(28)9-16)36-14-17-5-3-4-6-20(17)26/h3-9,11H,12-14H2,1-2H3,(H,31,33)/b30-11-. The van der Waals surface area contributed by atoms with Crippen LogP contribution in [0.3, 0.4) is 0 Å². The van der Waals surface area contributed by atoms with Crippen LogP contribution in [0.2, 0.25) is 0 Å². The van der Waals surface area contributed by atoms with Gasteiger partial charge in [0.25, 0.3) is 11.5 Å². The Hall–Kier alpha value is -2.83. The molecule has 1 aromatic heterocycles. The maximum Gasteiger partial charge on any atom is 0.269 e. The Kier molecular flexibility index (Phi) is 9.97. The molecule has 2 aromatic carbocycles. The molecule has 0 radical (unpaired) electrons. The molecule has 0 fully saturated rings. The number of hydrazone groups is 1. The van der Waals surface area contributed by atoms with Gasteiger partial charge in [-0.15, -0.1) is 0 Å². The predicted octanol–water partition coefficient (Wildman–Crippen LogP) is 4.25. The molecule has 1 N–H and O–H groups in total. The smallest absolute Gasteiger partial charge is 0.269 e. The number of pyridine rings is 1. The van der Waals surface area contributed by atoms with Gasteiger partial charge < -0.3 is 14.0 Å². The van der Waals surface area contributed by atoms with E-state index in [9.17, 15) is 19.2 Å². The Labute approximate surface area is 234 Å². The minimum Gasteiger partial charge on any atom is -0.487 e. The van der Waals surface area contributed by atoms with Crippen molar-refractivity contribution >= 4 is 57.3 Å². The van der Waals surface area contributed by atoms with Crippen LogP contribution in [0.1, 0.15) is 27.9 Å². The quantitative estimate of drug-likeness (QED) is 0.203. The first kappa shape index (κ1) is 27.8. The van der Waals surface area contributed by atoms with Crippen LogP contribution in [-0.4, -0.2) is 23.8 Å². The number of nitrogens with zero attached hydrogens (tertiary/aromatic N) is 3. The van der Waals surface area contributed by atoms with Crippen LogP contribution in [0.25, 0.3) is 0 Å². The fourth-order valence-electron chi connectivity index (χ4n) is 3.34. The molecule has 3 rings (SSSR count). The fourth-order valence-corrected chi connectivity index (χ4v) is 5.46. The maximum absolute atomic E-state index is 13.9. The normalized spacial score (nSPS) is 10.9. The van der Waals surface area contributed by atoms with Crippen LogP contribution >= 0.6 is 45.2 Å². The topological polar surface area (TPSA) is 106 Å². The number of ether oxygens (including phenoxy) is 2. The molecule has 0 aliphatic rings. The molecule has 1 amide bonds. The molecule has 0 bridgehead atoms. The van der Waals surface area contributed by atoms with E-state index < -0.39 is 11.5 Å². The first-order chi connectivity index (χ1) is 17.2. The van der Waals surface area contributed by atoms with Crippen molar-refractivity contribution < 1.29 is 18.7 Å². The molecular formula is C25H21FI2N4O4. The Bertz CT molecular complexity index is 1390. The van der Waals surface area contributed by atoms with E-state index >= 15 is 0 Å². The molecule has 0 aliphatic carbocycles. The summed E-state index contributed by atoms with van der Waals surface area (Å²) < 4.78 is 27.5. The van der Waals surface area contributed by atoms with Gasteiger partial charge in [-0.25, -0.2) is 9.82 Å². The second kappa shape index (κ2) is 12.9. The summed E-state index contributed by atoms with van der Waals surface area (Å²) in [5.41, 5.74) is 3.97. The van der Waals surface area contributed by atoms with Crippen molar-refractivity contribution in [3.05, 3.63) is 93.7 Å². The van der Waals surface area contributed by atoms with Crippen LogP contribution in [0.15, 0.2) is 52.4 Å². The van der Waals surface area contributed by atoms with E-state index in [0.717, 1.165) is 7.14 Å². The molecule has 8 nitrogen and oxygen atoms in total. The summed E-state index contributed by atoms with van der Waals surface area (Å²) in [6, 6.07) is 13.6. The largest absolute Gasteiger partial charge is 0.487 e. The number of aryl methyl sites for hydroxylation is 1. The highest BCUT2D eigenvalue weighted by Gasteiger charge is 2.15. The van der Waals surface area contributed by atoms with Gasteiger partial charge in [0.1, 0.15) is 36.4 Å². The van der Waals surface area contributed by atoms with E-state index in [0.29, 0.717) is 28.1 Å². The summed E-state index contributed by atoms with van der Waals surface area (Å²) in [6.45, 7) is 1.61. The maximum atomic E-state index is 13.9. The molecule has 0 saturated carbocycles. The van der Waals surface area contributed by atoms with E-state index in [-0.39, 0.29) is 31.1 Å². The SMILES string of the molecule is COCc1cc(C)n(CC(=O)N/N=C\c2cc(I)c(OCc3ccccc3F)c(I)c2)c(=O)c1C#N. The highest BCUT2D eigenvalue weighted by molar-refractivity contribution is 14.1. The fraction of sp³-hybridized carbons (Fsp3) is 0.200. The summed E-state index contributed by atoms with van der Waals surface area (Å²) in [7, 11) is 1.47. The summed E-state index contributed by atoms with van der Waals surface area (Å²) in [4.78, 5) is 25.1. The lowest BCUT2D eigenvalue weighted by atomic mass is 10.1. The first-order valence-corrected chi connectivity index (χ1v) is 12.7. The molecule has 186 valence electrons. The van der Waals surface area contributed by atoms with E-state index in [1.807, 2.05) is 18.2 Å². The number of nitriles is 1. The van der Waals surface area contributed by atoms with E-state index in [1.165, 1.54) is 24.0 Å². The summed E-state index contributed by atoms with van der Waals surface area (Å²) in [5.74, 6) is -0.219. The zero-order chi connectivity index (χ0) is 26.2. The van der Waals surface area contributed by atoms with Gasteiger partial charge in [-0.05, 0) is 81.9 Å². The lowest BCUT2D eigenvalue weighted by Crippen LogP contribution is -2.33. The molecular weight excluding hydrogens is 693 g/mol. The Morgan fingerprint density at radius 3 is 2.53 bits per heavy atom. The third-order valence-electron chi connectivity index (χ3n) is 5.06. The van der Waals surface area contributed by atoms with Crippen LogP contribution in [0.4, 0.5) is 4.39 Å². The number of nitrogens with one attached hydrogen (secondary N) is 1. The molecule has 1 heterocycles. The predicted molar refractivity (Wildman–Crippen MR) is 149 cm³/mol. The number of carbonyl (C=O) groups excluding carboxylic acids is 1. The number of hydrogen-bond donors (Lipinski definition) is 1. The van der Waals surface area contributed by atoms with Gasteiger partial charge in [0.05, 0.1) is 20.0 Å². The van der Waals surface area contributed by atoms with Crippen molar-refractivity contribution in [2.45, 2.75) is 26.7 Å². The monoisotopic (exact) mass is 714 g/mol. The van der Waals surface area contributed by atoms with Gasteiger partial charge >= 0.3 is 0 Å². The van der Waals surface area contributed by atoms with Crippen LogP contribution in [-0.2, 0) is 29.3 Å². The van der Waals surface area contributed by atoms with Crippen molar-refractivity contribution in [1.82, 2.24) is 9.99 Å². The number of aromatic nitrogens is 1. The van der Waals surface area contributed by atoms with Crippen molar-refractivity contribution in [2.24, 2.45) is 5.10 Å². The van der Waals surface area contributed by atoms with Gasteiger partial charge in [-0.3, -0.25) is 9.59 Å². The second-order valence-electron chi connectivity index (χ2n) is 7.61. The minimum absolute atomic E-state index is 0.0554. The second-order valence-corrected chi connectivity index (χ2v) is 9.93. The average molecular weight is 714 g/mol. The Morgan fingerprint density at radius 2 is 1.89 bits per heavy atom. The number of benzene rings is 2. The number of halogens is 3. The van der Waals surface area contributed by atoms with Gasteiger partial charge in [0.2, 0.25) is 0 Å². The van der Waals surface area contributed by atoms with Gasteiger partial charge in [-0.2, -0.15) is 10.4 Å². The van der Waals surface area contributed by atoms with E-state index in [1.54, 1.807) is 31.2 Å². The highest BCUT2D eigenvalue weighted by atomic mass is 127. The first-order valence-electron chi connectivity index (χ1n) is 10.5.